The lowest BCUT2D eigenvalue weighted by Crippen LogP contribution is -2.56. The van der Waals surface area contributed by atoms with Gasteiger partial charge >= 0.3 is 0 Å². The standard InChI is InChI=1S/C14H20FN/c1-11(2)7-8-14(9-16-10-14)12-3-5-13(15)6-4-12/h3-6,11,16H,7-10H2,1-2H3. The van der Waals surface area contributed by atoms with E-state index in [1.54, 1.807) is 12.1 Å². The van der Waals surface area contributed by atoms with Crippen LogP contribution < -0.4 is 5.32 Å². The van der Waals surface area contributed by atoms with Gasteiger partial charge in [0, 0.05) is 18.5 Å². The van der Waals surface area contributed by atoms with Gasteiger partial charge in [0.25, 0.3) is 0 Å². The first-order valence-electron chi connectivity index (χ1n) is 6.09. The summed E-state index contributed by atoms with van der Waals surface area (Å²) in [5, 5.41) is 3.35. The van der Waals surface area contributed by atoms with E-state index in [1.165, 1.54) is 18.4 Å². The highest BCUT2D eigenvalue weighted by molar-refractivity contribution is 5.30. The van der Waals surface area contributed by atoms with Crippen LogP contribution in [-0.4, -0.2) is 13.1 Å². The molecule has 1 aliphatic rings. The Bertz CT molecular complexity index is 338. The van der Waals surface area contributed by atoms with Crippen molar-refractivity contribution >= 4 is 0 Å². The quantitative estimate of drug-likeness (QED) is 0.823. The Hall–Kier alpha value is -0.890. The van der Waals surface area contributed by atoms with Crippen LogP contribution in [0.1, 0.15) is 32.3 Å². The maximum atomic E-state index is 12.9. The highest BCUT2D eigenvalue weighted by Gasteiger charge is 2.37. The Labute approximate surface area is 97.1 Å². The minimum atomic E-state index is -0.143. The highest BCUT2D eigenvalue weighted by Crippen LogP contribution is 2.34. The molecule has 0 atom stereocenters. The largest absolute Gasteiger partial charge is 0.315 e. The SMILES string of the molecule is CC(C)CCC1(c2ccc(F)cc2)CNC1. The van der Waals surface area contributed by atoms with Crippen LogP contribution >= 0.6 is 0 Å². The van der Waals surface area contributed by atoms with Crippen molar-refractivity contribution in [1.82, 2.24) is 5.32 Å². The van der Waals surface area contributed by atoms with Gasteiger partial charge in [0.1, 0.15) is 5.82 Å². The molecule has 1 aromatic carbocycles. The topological polar surface area (TPSA) is 12.0 Å². The average Bonchev–Trinajstić information content (AvgIpc) is 2.18. The Morgan fingerprint density at radius 2 is 1.88 bits per heavy atom. The van der Waals surface area contributed by atoms with Crippen molar-refractivity contribution < 1.29 is 4.39 Å². The van der Waals surface area contributed by atoms with Gasteiger partial charge in [0.2, 0.25) is 0 Å². The van der Waals surface area contributed by atoms with Crippen molar-refractivity contribution in [3.8, 4) is 0 Å². The molecule has 1 N–H and O–H groups in total. The lowest BCUT2D eigenvalue weighted by molar-refractivity contribution is 0.241. The molecule has 0 aromatic heterocycles. The van der Waals surface area contributed by atoms with Gasteiger partial charge in [-0.05, 0) is 30.0 Å². The Morgan fingerprint density at radius 3 is 2.31 bits per heavy atom. The Morgan fingerprint density at radius 1 is 1.25 bits per heavy atom. The molecule has 0 radical (unpaired) electrons. The molecule has 2 heteroatoms. The molecule has 0 saturated carbocycles. The fraction of sp³-hybridized carbons (Fsp3) is 0.571. The monoisotopic (exact) mass is 221 g/mol. The summed E-state index contributed by atoms with van der Waals surface area (Å²) in [5.41, 5.74) is 1.55. The average molecular weight is 221 g/mol. The van der Waals surface area contributed by atoms with Crippen LogP contribution in [0.25, 0.3) is 0 Å². The molecule has 1 nitrogen and oxygen atoms in total. The molecule has 88 valence electrons. The van der Waals surface area contributed by atoms with E-state index in [9.17, 15) is 4.39 Å². The fourth-order valence-electron chi connectivity index (χ4n) is 2.32. The first kappa shape index (κ1) is 11.6. The van der Waals surface area contributed by atoms with Crippen LogP contribution in [0.5, 0.6) is 0 Å². The van der Waals surface area contributed by atoms with Crippen LogP contribution in [0.4, 0.5) is 4.39 Å². The molecule has 16 heavy (non-hydrogen) atoms. The van der Waals surface area contributed by atoms with E-state index in [2.05, 4.69) is 19.2 Å². The van der Waals surface area contributed by atoms with E-state index < -0.39 is 0 Å². The second kappa shape index (κ2) is 4.54. The van der Waals surface area contributed by atoms with E-state index >= 15 is 0 Å². The van der Waals surface area contributed by atoms with Crippen molar-refractivity contribution in [3.63, 3.8) is 0 Å². The van der Waals surface area contributed by atoms with Crippen LogP contribution in [0.15, 0.2) is 24.3 Å². The van der Waals surface area contributed by atoms with Gasteiger partial charge in [-0.1, -0.05) is 32.4 Å². The number of rotatable bonds is 4. The van der Waals surface area contributed by atoms with Crippen molar-refractivity contribution in [2.75, 3.05) is 13.1 Å². The highest BCUT2D eigenvalue weighted by atomic mass is 19.1. The number of hydrogen-bond donors (Lipinski definition) is 1. The second-order valence-electron chi connectivity index (χ2n) is 5.32. The molecule has 0 unspecified atom stereocenters. The number of nitrogens with one attached hydrogen (secondary N) is 1. The summed E-state index contributed by atoms with van der Waals surface area (Å²) >= 11 is 0. The first-order valence-corrected chi connectivity index (χ1v) is 6.09. The number of hydrogen-bond acceptors (Lipinski definition) is 1. The third kappa shape index (κ3) is 2.27. The molecule has 0 aliphatic carbocycles. The summed E-state index contributed by atoms with van der Waals surface area (Å²) in [6, 6.07) is 7.03. The smallest absolute Gasteiger partial charge is 0.123 e. The molecule has 2 rings (SSSR count). The van der Waals surface area contributed by atoms with Crippen LogP contribution in [0.2, 0.25) is 0 Å². The van der Waals surface area contributed by atoms with Gasteiger partial charge in [-0.15, -0.1) is 0 Å². The maximum Gasteiger partial charge on any atom is 0.123 e. The summed E-state index contributed by atoms with van der Waals surface area (Å²) in [6.45, 7) is 6.58. The lowest BCUT2D eigenvalue weighted by atomic mass is 9.71. The summed E-state index contributed by atoms with van der Waals surface area (Å²) in [7, 11) is 0. The minimum absolute atomic E-state index is 0.143. The fourth-order valence-corrected chi connectivity index (χ4v) is 2.32. The molecule has 1 heterocycles. The second-order valence-corrected chi connectivity index (χ2v) is 5.32. The van der Waals surface area contributed by atoms with Gasteiger partial charge in [-0.3, -0.25) is 0 Å². The number of benzene rings is 1. The van der Waals surface area contributed by atoms with E-state index in [4.69, 9.17) is 0 Å². The predicted octanol–water partition coefficient (Wildman–Crippen LogP) is 3.10. The summed E-state index contributed by atoms with van der Waals surface area (Å²) in [4.78, 5) is 0. The minimum Gasteiger partial charge on any atom is -0.315 e. The normalized spacial score (nSPS) is 18.5. The molecule has 1 saturated heterocycles. The van der Waals surface area contributed by atoms with Crippen molar-refractivity contribution in [2.24, 2.45) is 5.92 Å². The van der Waals surface area contributed by atoms with Crippen LogP contribution in [-0.2, 0) is 5.41 Å². The van der Waals surface area contributed by atoms with Gasteiger partial charge in [-0.25, -0.2) is 4.39 Å². The van der Waals surface area contributed by atoms with Crippen molar-refractivity contribution in [3.05, 3.63) is 35.6 Å². The van der Waals surface area contributed by atoms with Crippen molar-refractivity contribution in [1.29, 1.82) is 0 Å². The maximum absolute atomic E-state index is 12.9. The molecule has 1 aliphatic heterocycles. The van der Waals surface area contributed by atoms with Crippen molar-refractivity contribution in [2.45, 2.75) is 32.1 Å². The van der Waals surface area contributed by atoms with E-state index in [0.717, 1.165) is 19.0 Å². The predicted molar refractivity (Wildman–Crippen MR) is 65.0 cm³/mol. The number of halogens is 1. The van der Waals surface area contributed by atoms with Gasteiger partial charge in [-0.2, -0.15) is 0 Å². The first-order chi connectivity index (χ1) is 7.62. The molecular formula is C14H20FN. The zero-order chi connectivity index (χ0) is 11.6. The third-order valence-corrected chi connectivity index (χ3v) is 3.58. The van der Waals surface area contributed by atoms with Gasteiger partial charge in [0.05, 0.1) is 0 Å². The summed E-state index contributed by atoms with van der Waals surface area (Å²) in [6.07, 6.45) is 2.43. The van der Waals surface area contributed by atoms with E-state index in [-0.39, 0.29) is 11.2 Å². The Kier molecular flexibility index (Phi) is 3.29. The molecular weight excluding hydrogens is 201 g/mol. The molecule has 1 aromatic rings. The Balaban J connectivity index is 2.11. The zero-order valence-electron chi connectivity index (χ0n) is 10.1. The molecule has 0 bridgehead atoms. The molecule has 1 fully saturated rings. The third-order valence-electron chi connectivity index (χ3n) is 3.58. The van der Waals surface area contributed by atoms with Gasteiger partial charge in [0.15, 0.2) is 0 Å². The van der Waals surface area contributed by atoms with Gasteiger partial charge < -0.3 is 5.32 Å². The van der Waals surface area contributed by atoms with E-state index in [1.807, 2.05) is 12.1 Å². The lowest BCUT2D eigenvalue weighted by Gasteiger charge is -2.44. The summed E-state index contributed by atoms with van der Waals surface area (Å²) < 4.78 is 12.9. The zero-order valence-corrected chi connectivity index (χ0v) is 10.1. The van der Waals surface area contributed by atoms with Crippen LogP contribution in [0.3, 0.4) is 0 Å². The summed E-state index contributed by atoms with van der Waals surface area (Å²) in [5.74, 6) is 0.591. The molecule has 0 spiro atoms. The van der Waals surface area contributed by atoms with Crippen LogP contribution in [0, 0.1) is 11.7 Å². The van der Waals surface area contributed by atoms with E-state index in [0.29, 0.717) is 0 Å². The molecule has 0 amide bonds.